The first-order valence-electron chi connectivity index (χ1n) is 6.77. The average Bonchev–Trinajstić information content (AvgIpc) is 2.86. The van der Waals surface area contributed by atoms with Crippen LogP contribution in [-0.2, 0) is 10.3 Å². The molecule has 106 valence electrons. The van der Waals surface area contributed by atoms with Crippen LogP contribution in [0.4, 0.5) is 8.78 Å². The van der Waals surface area contributed by atoms with Gasteiger partial charge in [0.25, 0.3) is 0 Å². The number of hydrogen-bond donors (Lipinski definition) is 0. The molecule has 1 aromatic carbocycles. The minimum absolute atomic E-state index is 0.474. The van der Waals surface area contributed by atoms with Crippen LogP contribution in [0.25, 0.3) is 0 Å². The zero-order chi connectivity index (χ0) is 14.0. The molecule has 2 nitrogen and oxygen atoms in total. The maximum absolute atomic E-state index is 13.4. The zero-order valence-corrected chi connectivity index (χ0v) is 11.7. The maximum atomic E-state index is 13.4. The molecule has 0 amide bonds. The van der Waals surface area contributed by atoms with Gasteiger partial charge in [0.2, 0.25) is 0 Å². The molecule has 0 N–H and O–H groups in total. The molecule has 1 fully saturated rings. The van der Waals surface area contributed by atoms with Crippen molar-refractivity contribution in [2.45, 2.75) is 38.3 Å². The zero-order valence-electron chi connectivity index (χ0n) is 11.7. The highest BCUT2D eigenvalue weighted by Crippen LogP contribution is 2.37. The second kappa shape index (κ2) is 5.55. The van der Waals surface area contributed by atoms with Crippen LogP contribution in [0.15, 0.2) is 18.2 Å². The molecule has 1 heterocycles. The van der Waals surface area contributed by atoms with Gasteiger partial charge in [-0.05, 0) is 37.5 Å². The third-order valence-corrected chi connectivity index (χ3v) is 4.31. The summed E-state index contributed by atoms with van der Waals surface area (Å²) in [7, 11) is 1.64. The summed E-state index contributed by atoms with van der Waals surface area (Å²) in [6, 6.07) is 4.54. The number of nitrogens with zero attached hydrogens (tertiary/aromatic N) is 1. The Morgan fingerprint density at radius 2 is 2.11 bits per heavy atom. The van der Waals surface area contributed by atoms with E-state index in [-0.39, 0.29) is 0 Å². The van der Waals surface area contributed by atoms with Gasteiger partial charge >= 0.3 is 0 Å². The van der Waals surface area contributed by atoms with Crippen LogP contribution in [0.2, 0.25) is 0 Å². The quantitative estimate of drug-likeness (QED) is 0.831. The summed E-state index contributed by atoms with van der Waals surface area (Å²) in [6.45, 7) is 5.97. The van der Waals surface area contributed by atoms with E-state index in [0.29, 0.717) is 6.04 Å². The molecule has 0 bridgehead atoms. The minimum atomic E-state index is -0.813. The molecule has 1 saturated heterocycles. The Bertz CT molecular complexity index is 452. The Morgan fingerprint density at radius 1 is 1.37 bits per heavy atom. The van der Waals surface area contributed by atoms with Gasteiger partial charge in [-0.15, -0.1) is 0 Å². The normalized spacial score (nSPS) is 25.7. The van der Waals surface area contributed by atoms with Crippen LogP contribution >= 0.6 is 0 Å². The second-order valence-corrected chi connectivity index (χ2v) is 5.31. The van der Waals surface area contributed by atoms with Crippen molar-refractivity contribution in [1.82, 2.24) is 4.90 Å². The molecule has 19 heavy (non-hydrogen) atoms. The van der Waals surface area contributed by atoms with Crippen LogP contribution < -0.4 is 0 Å². The van der Waals surface area contributed by atoms with Gasteiger partial charge in [0.1, 0.15) is 5.60 Å². The predicted octanol–water partition coefficient (Wildman–Crippen LogP) is 3.31. The Kier molecular flexibility index (Phi) is 4.21. The predicted molar refractivity (Wildman–Crippen MR) is 71.0 cm³/mol. The van der Waals surface area contributed by atoms with Crippen LogP contribution in [0, 0.1) is 11.6 Å². The van der Waals surface area contributed by atoms with Gasteiger partial charge < -0.3 is 4.74 Å². The fourth-order valence-electron chi connectivity index (χ4n) is 2.74. The molecule has 0 radical (unpaired) electrons. The summed E-state index contributed by atoms with van der Waals surface area (Å²) >= 11 is 0. The van der Waals surface area contributed by atoms with Crippen molar-refractivity contribution in [2.75, 3.05) is 20.2 Å². The number of ether oxygens (including phenoxy) is 1. The summed E-state index contributed by atoms with van der Waals surface area (Å²) in [5, 5.41) is 0. The molecule has 0 aliphatic carbocycles. The maximum Gasteiger partial charge on any atom is 0.159 e. The van der Waals surface area contributed by atoms with Crippen LogP contribution in [0.3, 0.4) is 0 Å². The number of likely N-dealkylation sites (tertiary alicyclic amines) is 1. The van der Waals surface area contributed by atoms with E-state index < -0.39 is 17.2 Å². The summed E-state index contributed by atoms with van der Waals surface area (Å²) in [6.07, 6.45) is 1.87. The van der Waals surface area contributed by atoms with Crippen molar-refractivity contribution in [3.8, 4) is 0 Å². The molecular weight excluding hydrogens is 248 g/mol. The van der Waals surface area contributed by atoms with Crippen molar-refractivity contribution >= 4 is 0 Å². The SMILES string of the molecule is CCC(C)N1CCC(OC)(c2ccc(F)c(F)c2)C1. The molecule has 2 unspecified atom stereocenters. The summed E-state index contributed by atoms with van der Waals surface area (Å²) in [4.78, 5) is 2.34. The topological polar surface area (TPSA) is 12.5 Å². The van der Waals surface area contributed by atoms with E-state index in [2.05, 4.69) is 18.7 Å². The lowest BCUT2D eigenvalue weighted by atomic mass is 9.92. The Morgan fingerprint density at radius 3 is 2.68 bits per heavy atom. The van der Waals surface area contributed by atoms with E-state index in [1.165, 1.54) is 12.1 Å². The van der Waals surface area contributed by atoms with Crippen LogP contribution in [-0.4, -0.2) is 31.1 Å². The third kappa shape index (κ3) is 2.65. The Labute approximate surface area is 113 Å². The van der Waals surface area contributed by atoms with Crippen molar-refractivity contribution in [2.24, 2.45) is 0 Å². The lowest BCUT2D eigenvalue weighted by molar-refractivity contribution is -0.00903. The van der Waals surface area contributed by atoms with Gasteiger partial charge in [-0.1, -0.05) is 13.0 Å². The second-order valence-electron chi connectivity index (χ2n) is 5.31. The third-order valence-electron chi connectivity index (χ3n) is 4.31. The molecule has 2 rings (SSSR count). The number of halogens is 2. The monoisotopic (exact) mass is 269 g/mol. The van der Waals surface area contributed by atoms with Gasteiger partial charge in [0, 0.05) is 26.2 Å². The smallest absolute Gasteiger partial charge is 0.159 e. The van der Waals surface area contributed by atoms with E-state index in [1.54, 1.807) is 13.2 Å². The number of benzene rings is 1. The van der Waals surface area contributed by atoms with Gasteiger partial charge in [-0.3, -0.25) is 4.90 Å². The van der Waals surface area contributed by atoms with Crippen molar-refractivity contribution in [1.29, 1.82) is 0 Å². The van der Waals surface area contributed by atoms with Crippen molar-refractivity contribution in [3.05, 3.63) is 35.4 Å². The Balaban J connectivity index is 2.26. The molecule has 1 aliphatic heterocycles. The van der Waals surface area contributed by atoms with Gasteiger partial charge in [0.15, 0.2) is 11.6 Å². The lowest BCUT2D eigenvalue weighted by Gasteiger charge is -2.30. The van der Waals surface area contributed by atoms with Crippen LogP contribution in [0.5, 0.6) is 0 Å². The average molecular weight is 269 g/mol. The van der Waals surface area contributed by atoms with E-state index in [9.17, 15) is 8.78 Å². The summed E-state index contributed by atoms with van der Waals surface area (Å²) in [5.74, 6) is -1.62. The van der Waals surface area contributed by atoms with Gasteiger partial charge in [-0.25, -0.2) is 8.78 Å². The molecule has 0 saturated carbocycles. The van der Waals surface area contributed by atoms with E-state index in [1.807, 2.05) is 0 Å². The first kappa shape index (κ1) is 14.4. The van der Waals surface area contributed by atoms with Crippen molar-refractivity contribution in [3.63, 3.8) is 0 Å². The van der Waals surface area contributed by atoms with Gasteiger partial charge in [0.05, 0.1) is 0 Å². The lowest BCUT2D eigenvalue weighted by Crippen LogP contribution is -2.36. The van der Waals surface area contributed by atoms with Gasteiger partial charge in [-0.2, -0.15) is 0 Å². The van der Waals surface area contributed by atoms with Crippen molar-refractivity contribution < 1.29 is 13.5 Å². The molecule has 0 spiro atoms. The van der Waals surface area contributed by atoms with E-state index >= 15 is 0 Å². The standard InChI is InChI=1S/C15H21F2NO/c1-4-11(2)18-8-7-15(10-18,19-3)12-5-6-13(16)14(17)9-12/h5-6,9,11H,4,7-8,10H2,1-3H3. The highest BCUT2D eigenvalue weighted by molar-refractivity contribution is 5.26. The fraction of sp³-hybridized carbons (Fsp3) is 0.600. The summed E-state index contributed by atoms with van der Waals surface area (Å²) < 4.78 is 32.1. The number of rotatable bonds is 4. The van der Waals surface area contributed by atoms with Crippen LogP contribution in [0.1, 0.15) is 32.3 Å². The molecule has 2 atom stereocenters. The van der Waals surface area contributed by atoms with E-state index in [4.69, 9.17) is 4.74 Å². The summed E-state index contributed by atoms with van der Waals surface area (Å²) in [5.41, 5.74) is 0.206. The minimum Gasteiger partial charge on any atom is -0.372 e. The Hall–Kier alpha value is -1.00. The largest absolute Gasteiger partial charge is 0.372 e. The molecular formula is C15H21F2NO. The fourth-order valence-corrected chi connectivity index (χ4v) is 2.74. The number of hydrogen-bond acceptors (Lipinski definition) is 2. The first-order chi connectivity index (χ1) is 9.02. The molecule has 0 aromatic heterocycles. The first-order valence-corrected chi connectivity index (χ1v) is 6.77. The highest BCUT2D eigenvalue weighted by atomic mass is 19.2. The molecule has 1 aromatic rings. The highest BCUT2D eigenvalue weighted by Gasteiger charge is 2.41. The molecule has 1 aliphatic rings. The van der Waals surface area contributed by atoms with E-state index in [0.717, 1.165) is 31.5 Å². The molecule has 4 heteroatoms. The number of methoxy groups -OCH3 is 1.